The van der Waals surface area contributed by atoms with Crippen LogP contribution in [-0.4, -0.2) is 44.8 Å². The molecule has 1 fully saturated rings. The molecule has 2 heterocycles. The molecule has 3 atom stereocenters. The molecule has 18 heavy (non-hydrogen) atoms. The van der Waals surface area contributed by atoms with E-state index in [0.717, 1.165) is 4.90 Å². The second kappa shape index (κ2) is 5.54. The van der Waals surface area contributed by atoms with Gasteiger partial charge in [-0.05, 0) is 6.26 Å². The minimum Gasteiger partial charge on any atom is -0.394 e. The molecule has 6 nitrogen and oxygen atoms in total. The number of aliphatic hydroxyl groups excluding tert-OH is 2. The number of ether oxygens (including phenoxy) is 1. The number of hydrogen-bond acceptors (Lipinski definition) is 6. The average molecular weight is 290 g/mol. The zero-order valence-corrected chi connectivity index (χ0v) is 11.3. The maximum atomic E-state index is 11.8. The number of rotatable bonds is 3. The topological polar surface area (TPSA) is 87.5 Å². The van der Waals surface area contributed by atoms with Crippen molar-refractivity contribution in [2.75, 3.05) is 12.9 Å². The van der Waals surface area contributed by atoms with Gasteiger partial charge < -0.3 is 14.9 Å². The summed E-state index contributed by atoms with van der Waals surface area (Å²) < 4.78 is 7.18. The fourth-order valence-electron chi connectivity index (χ4n) is 1.88. The molecule has 0 saturated carbocycles. The molecule has 3 N–H and O–H groups in total. The Labute approximate surface area is 113 Å². The molecule has 0 aromatic carbocycles. The SMILES string of the molecule is CSc1cn([C@H]2C[C@H](O)[C@@H](CO)O2)c(=O)[nH]c1=S. The molecule has 1 saturated heterocycles. The van der Waals surface area contributed by atoms with Crippen LogP contribution in [0.2, 0.25) is 0 Å². The first kappa shape index (κ1) is 13.8. The first-order valence-electron chi connectivity index (χ1n) is 5.40. The number of hydrogen-bond donors (Lipinski definition) is 3. The van der Waals surface area contributed by atoms with Crippen LogP contribution in [0.5, 0.6) is 0 Å². The van der Waals surface area contributed by atoms with Gasteiger partial charge in [0.05, 0.1) is 17.6 Å². The van der Waals surface area contributed by atoms with Crippen LogP contribution in [0.15, 0.2) is 15.9 Å². The van der Waals surface area contributed by atoms with Crippen molar-refractivity contribution in [2.24, 2.45) is 0 Å². The minimum absolute atomic E-state index is 0.267. The van der Waals surface area contributed by atoms with E-state index in [0.29, 0.717) is 4.64 Å². The van der Waals surface area contributed by atoms with Crippen molar-refractivity contribution in [3.05, 3.63) is 21.3 Å². The zero-order valence-electron chi connectivity index (χ0n) is 9.70. The highest BCUT2D eigenvalue weighted by atomic mass is 32.2. The fourth-order valence-corrected chi connectivity index (χ4v) is 2.72. The van der Waals surface area contributed by atoms with Gasteiger partial charge in [0.1, 0.15) is 17.0 Å². The van der Waals surface area contributed by atoms with E-state index in [9.17, 15) is 9.90 Å². The lowest BCUT2D eigenvalue weighted by Crippen LogP contribution is -2.27. The van der Waals surface area contributed by atoms with E-state index in [1.54, 1.807) is 6.20 Å². The third-order valence-electron chi connectivity index (χ3n) is 2.85. The Bertz CT molecular complexity index is 541. The van der Waals surface area contributed by atoms with Crippen LogP contribution in [0.25, 0.3) is 0 Å². The number of aromatic amines is 1. The molecular weight excluding hydrogens is 276 g/mol. The molecule has 0 aliphatic carbocycles. The van der Waals surface area contributed by atoms with Gasteiger partial charge >= 0.3 is 5.69 Å². The Morgan fingerprint density at radius 2 is 2.44 bits per heavy atom. The third-order valence-corrected chi connectivity index (χ3v) is 4.05. The van der Waals surface area contributed by atoms with Crippen LogP contribution in [0.1, 0.15) is 12.6 Å². The number of thioether (sulfide) groups is 1. The van der Waals surface area contributed by atoms with Gasteiger partial charge in [0, 0.05) is 12.6 Å². The summed E-state index contributed by atoms with van der Waals surface area (Å²) in [6, 6.07) is 0. The summed E-state index contributed by atoms with van der Waals surface area (Å²) in [7, 11) is 0. The van der Waals surface area contributed by atoms with Crippen molar-refractivity contribution in [3.8, 4) is 0 Å². The van der Waals surface area contributed by atoms with Crippen molar-refractivity contribution in [2.45, 2.75) is 29.8 Å². The summed E-state index contributed by atoms with van der Waals surface area (Å²) in [4.78, 5) is 15.1. The lowest BCUT2D eigenvalue weighted by molar-refractivity contribution is -0.0461. The quantitative estimate of drug-likeness (QED) is 0.547. The Morgan fingerprint density at radius 1 is 1.72 bits per heavy atom. The smallest absolute Gasteiger partial charge is 0.328 e. The van der Waals surface area contributed by atoms with Crippen LogP contribution in [0.4, 0.5) is 0 Å². The van der Waals surface area contributed by atoms with Gasteiger partial charge in [-0.1, -0.05) is 12.2 Å². The maximum Gasteiger partial charge on any atom is 0.328 e. The van der Waals surface area contributed by atoms with Crippen molar-refractivity contribution < 1.29 is 14.9 Å². The van der Waals surface area contributed by atoms with Gasteiger partial charge in [0.2, 0.25) is 0 Å². The highest BCUT2D eigenvalue weighted by Crippen LogP contribution is 2.28. The predicted molar refractivity (Wildman–Crippen MR) is 69.3 cm³/mol. The summed E-state index contributed by atoms with van der Waals surface area (Å²) >= 11 is 6.44. The van der Waals surface area contributed by atoms with Crippen LogP contribution >= 0.6 is 24.0 Å². The molecule has 1 aromatic rings. The number of H-pyrrole nitrogens is 1. The van der Waals surface area contributed by atoms with E-state index < -0.39 is 18.4 Å². The molecule has 2 rings (SSSR count). The zero-order chi connectivity index (χ0) is 13.3. The van der Waals surface area contributed by atoms with Crippen molar-refractivity contribution in [1.82, 2.24) is 9.55 Å². The van der Waals surface area contributed by atoms with E-state index in [1.807, 2.05) is 6.26 Å². The molecule has 8 heteroatoms. The van der Waals surface area contributed by atoms with Gasteiger partial charge in [-0.2, -0.15) is 0 Å². The standard InChI is InChI=1S/C10H14N2O4S2/c1-18-7-3-12(10(15)11-9(7)17)8-2-5(14)6(4-13)16-8/h3,5-6,8,13-14H,2,4H2,1H3,(H,11,15,17)/t5-,6+,8+/m0/s1. The summed E-state index contributed by atoms with van der Waals surface area (Å²) in [5.41, 5.74) is -0.381. The molecule has 100 valence electrons. The lowest BCUT2D eigenvalue weighted by Gasteiger charge is -2.15. The average Bonchev–Trinajstić information content (AvgIpc) is 2.70. The molecular formula is C10H14N2O4S2. The Morgan fingerprint density at radius 3 is 3.00 bits per heavy atom. The molecule has 0 spiro atoms. The minimum atomic E-state index is -0.771. The molecule has 0 bridgehead atoms. The third kappa shape index (κ3) is 2.52. The van der Waals surface area contributed by atoms with Gasteiger partial charge in [0.15, 0.2) is 0 Å². The Kier molecular flexibility index (Phi) is 4.23. The summed E-state index contributed by atoms with van der Waals surface area (Å²) in [5.74, 6) is 0. The molecule has 1 aliphatic heterocycles. The van der Waals surface area contributed by atoms with E-state index in [2.05, 4.69) is 4.98 Å². The predicted octanol–water partition coefficient (Wildman–Crippen LogP) is 0.268. The molecule has 1 aliphatic rings. The van der Waals surface area contributed by atoms with E-state index >= 15 is 0 Å². The molecule has 0 amide bonds. The second-order valence-electron chi connectivity index (χ2n) is 3.98. The number of aliphatic hydroxyl groups is 2. The first-order chi connectivity index (χ1) is 8.56. The van der Waals surface area contributed by atoms with Crippen LogP contribution in [0.3, 0.4) is 0 Å². The van der Waals surface area contributed by atoms with Crippen molar-refractivity contribution >= 4 is 24.0 Å². The van der Waals surface area contributed by atoms with Crippen LogP contribution in [0, 0.1) is 4.64 Å². The summed E-state index contributed by atoms with van der Waals surface area (Å²) in [5, 5.41) is 18.7. The lowest BCUT2D eigenvalue weighted by atomic mass is 10.2. The summed E-state index contributed by atoms with van der Waals surface area (Å²) in [6.07, 6.45) is 1.74. The molecule has 0 unspecified atom stereocenters. The number of aromatic nitrogens is 2. The second-order valence-corrected chi connectivity index (χ2v) is 5.24. The molecule has 0 radical (unpaired) electrons. The van der Waals surface area contributed by atoms with Gasteiger partial charge in [-0.3, -0.25) is 9.55 Å². The van der Waals surface area contributed by atoms with Crippen LogP contribution in [-0.2, 0) is 4.74 Å². The Hall–Kier alpha value is -0.670. The largest absolute Gasteiger partial charge is 0.394 e. The van der Waals surface area contributed by atoms with Crippen molar-refractivity contribution in [3.63, 3.8) is 0 Å². The van der Waals surface area contributed by atoms with Crippen molar-refractivity contribution in [1.29, 1.82) is 0 Å². The highest BCUT2D eigenvalue weighted by Gasteiger charge is 2.34. The van der Waals surface area contributed by atoms with Crippen LogP contribution < -0.4 is 5.69 Å². The first-order valence-corrected chi connectivity index (χ1v) is 7.04. The van der Waals surface area contributed by atoms with E-state index in [-0.39, 0.29) is 18.7 Å². The molecule has 1 aromatic heterocycles. The highest BCUT2D eigenvalue weighted by molar-refractivity contribution is 7.98. The number of nitrogens with zero attached hydrogens (tertiary/aromatic N) is 1. The van der Waals surface area contributed by atoms with E-state index in [1.165, 1.54) is 16.3 Å². The van der Waals surface area contributed by atoms with Gasteiger partial charge in [-0.25, -0.2) is 4.79 Å². The summed E-state index contributed by atoms with van der Waals surface area (Å²) in [6.45, 7) is -0.273. The maximum absolute atomic E-state index is 11.8. The Balaban J connectivity index is 2.35. The monoisotopic (exact) mass is 290 g/mol. The van der Waals surface area contributed by atoms with E-state index in [4.69, 9.17) is 22.1 Å². The van der Waals surface area contributed by atoms with Gasteiger partial charge in [-0.15, -0.1) is 11.8 Å². The normalized spacial score (nSPS) is 27.6. The fraction of sp³-hybridized carbons (Fsp3) is 0.600. The van der Waals surface area contributed by atoms with Gasteiger partial charge in [0.25, 0.3) is 0 Å². The number of nitrogens with one attached hydrogen (secondary N) is 1.